The first-order valence-electron chi connectivity index (χ1n) is 7.57. The minimum Gasteiger partial charge on any atom is -0.381 e. The van der Waals surface area contributed by atoms with E-state index in [0.29, 0.717) is 11.4 Å². The van der Waals surface area contributed by atoms with Crippen molar-refractivity contribution in [1.29, 1.82) is 0 Å². The molecule has 0 unspecified atom stereocenters. The van der Waals surface area contributed by atoms with Crippen LogP contribution in [0.2, 0.25) is 0 Å². The molecule has 1 heterocycles. The highest BCUT2D eigenvalue weighted by Gasteiger charge is 2.12. The zero-order valence-corrected chi connectivity index (χ0v) is 14.4. The van der Waals surface area contributed by atoms with Crippen LogP contribution in [0.5, 0.6) is 0 Å². The van der Waals surface area contributed by atoms with Gasteiger partial charge in [-0.2, -0.15) is 5.10 Å². The van der Waals surface area contributed by atoms with Crippen LogP contribution >= 0.6 is 0 Å². The van der Waals surface area contributed by atoms with E-state index in [4.69, 9.17) is 0 Å². The Kier molecular flexibility index (Phi) is 4.40. The molecule has 1 aromatic heterocycles. The molecule has 0 fully saturated rings. The number of rotatable bonds is 5. The fraction of sp³-hybridized carbons (Fsp3) is 0.167. The van der Waals surface area contributed by atoms with E-state index < -0.39 is 9.84 Å². The van der Waals surface area contributed by atoms with Gasteiger partial charge in [-0.1, -0.05) is 36.4 Å². The maximum absolute atomic E-state index is 11.8. The van der Waals surface area contributed by atoms with E-state index in [0.717, 1.165) is 28.1 Å². The largest absolute Gasteiger partial charge is 0.381 e. The molecule has 0 aliphatic carbocycles. The van der Waals surface area contributed by atoms with Crippen LogP contribution in [0.3, 0.4) is 0 Å². The maximum atomic E-state index is 11.8. The van der Waals surface area contributed by atoms with E-state index in [1.165, 1.54) is 6.26 Å². The molecule has 0 aliphatic heterocycles. The number of anilines is 1. The quantitative estimate of drug-likeness (QED) is 0.746. The number of hydrogen-bond donors (Lipinski definition) is 2. The fourth-order valence-corrected chi connectivity index (χ4v) is 3.60. The average molecular weight is 341 g/mol. The van der Waals surface area contributed by atoms with E-state index in [1.54, 1.807) is 19.2 Å². The highest BCUT2D eigenvalue weighted by molar-refractivity contribution is 7.90. The Bertz CT molecular complexity index is 947. The van der Waals surface area contributed by atoms with Crippen molar-refractivity contribution in [2.24, 2.45) is 0 Å². The Morgan fingerprint density at radius 2 is 1.88 bits per heavy atom. The molecule has 0 spiro atoms. The highest BCUT2D eigenvalue weighted by Crippen LogP contribution is 2.23. The topological polar surface area (TPSA) is 74.8 Å². The summed E-state index contributed by atoms with van der Waals surface area (Å²) in [6, 6.07) is 15.3. The van der Waals surface area contributed by atoms with Crippen LogP contribution in [0.15, 0.2) is 59.6 Å². The summed E-state index contributed by atoms with van der Waals surface area (Å²) in [5, 5.41) is 10.4. The molecule has 3 rings (SSSR count). The second-order valence-corrected chi connectivity index (χ2v) is 7.73. The number of aromatic nitrogens is 2. The van der Waals surface area contributed by atoms with Crippen molar-refractivity contribution in [2.45, 2.75) is 18.4 Å². The lowest BCUT2D eigenvalue weighted by molar-refractivity contribution is 0.601. The van der Waals surface area contributed by atoms with Gasteiger partial charge in [0.15, 0.2) is 9.84 Å². The molecule has 2 aromatic carbocycles. The van der Waals surface area contributed by atoms with Gasteiger partial charge in [-0.05, 0) is 30.2 Å². The molecule has 0 saturated carbocycles. The normalized spacial score (nSPS) is 11.4. The van der Waals surface area contributed by atoms with E-state index in [2.05, 4.69) is 15.5 Å². The molecule has 0 bridgehead atoms. The van der Waals surface area contributed by atoms with Crippen molar-refractivity contribution in [3.8, 4) is 11.3 Å². The smallest absolute Gasteiger partial charge is 0.175 e. The van der Waals surface area contributed by atoms with Crippen LogP contribution in [-0.2, 0) is 16.4 Å². The third-order valence-electron chi connectivity index (χ3n) is 3.85. The van der Waals surface area contributed by atoms with Crippen LogP contribution in [0.1, 0.15) is 11.1 Å². The fourth-order valence-electron chi connectivity index (χ4n) is 2.61. The van der Waals surface area contributed by atoms with Crippen LogP contribution in [0.4, 0.5) is 5.69 Å². The monoisotopic (exact) mass is 341 g/mol. The summed E-state index contributed by atoms with van der Waals surface area (Å²) in [7, 11) is -3.24. The van der Waals surface area contributed by atoms with Crippen molar-refractivity contribution in [3.05, 3.63) is 65.9 Å². The first kappa shape index (κ1) is 16.3. The zero-order valence-electron chi connectivity index (χ0n) is 13.6. The van der Waals surface area contributed by atoms with Crippen LogP contribution in [-0.4, -0.2) is 24.9 Å². The van der Waals surface area contributed by atoms with Gasteiger partial charge in [0.25, 0.3) is 0 Å². The summed E-state index contributed by atoms with van der Waals surface area (Å²) in [4.78, 5) is 0.350. The Balaban J connectivity index is 1.82. The van der Waals surface area contributed by atoms with Gasteiger partial charge in [0.05, 0.1) is 16.8 Å². The Morgan fingerprint density at radius 3 is 2.58 bits per heavy atom. The molecule has 24 heavy (non-hydrogen) atoms. The van der Waals surface area contributed by atoms with E-state index in [-0.39, 0.29) is 0 Å². The number of H-pyrrole nitrogens is 1. The number of aromatic amines is 1. The molecule has 0 amide bonds. The Hall–Kier alpha value is -2.60. The molecular weight excluding hydrogens is 322 g/mol. The van der Waals surface area contributed by atoms with Crippen LogP contribution < -0.4 is 5.32 Å². The Labute approximate surface area is 141 Å². The van der Waals surface area contributed by atoms with Gasteiger partial charge in [0.2, 0.25) is 0 Å². The molecule has 0 saturated heterocycles. The van der Waals surface area contributed by atoms with Gasteiger partial charge >= 0.3 is 0 Å². The minimum atomic E-state index is -3.24. The maximum Gasteiger partial charge on any atom is 0.175 e. The first-order valence-corrected chi connectivity index (χ1v) is 9.46. The van der Waals surface area contributed by atoms with Crippen molar-refractivity contribution >= 4 is 15.5 Å². The van der Waals surface area contributed by atoms with E-state index >= 15 is 0 Å². The van der Waals surface area contributed by atoms with E-state index in [9.17, 15) is 8.42 Å². The lowest BCUT2D eigenvalue weighted by atomic mass is 10.1. The van der Waals surface area contributed by atoms with E-state index in [1.807, 2.05) is 42.5 Å². The molecule has 124 valence electrons. The lowest BCUT2D eigenvalue weighted by Gasteiger charge is -2.10. The lowest BCUT2D eigenvalue weighted by Crippen LogP contribution is -2.04. The Morgan fingerprint density at radius 1 is 1.12 bits per heavy atom. The van der Waals surface area contributed by atoms with Gasteiger partial charge in [0, 0.05) is 24.1 Å². The number of hydrogen-bond acceptors (Lipinski definition) is 4. The van der Waals surface area contributed by atoms with Crippen LogP contribution in [0.25, 0.3) is 11.3 Å². The van der Waals surface area contributed by atoms with Gasteiger partial charge in [-0.3, -0.25) is 5.10 Å². The molecule has 5 nitrogen and oxygen atoms in total. The van der Waals surface area contributed by atoms with Gasteiger partial charge in [0.1, 0.15) is 0 Å². The average Bonchev–Trinajstić information content (AvgIpc) is 3.02. The first-order chi connectivity index (χ1) is 11.4. The van der Waals surface area contributed by atoms with Crippen molar-refractivity contribution in [2.75, 3.05) is 11.6 Å². The molecule has 6 heteroatoms. The summed E-state index contributed by atoms with van der Waals surface area (Å²) >= 11 is 0. The summed E-state index contributed by atoms with van der Waals surface area (Å²) < 4.78 is 23.7. The molecule has 0 aliphatic rings. The summed E-state index contributed by atoms with van der Waals surface area (Å²) in [6.07, 6.45) is 3.00. The highest BCUT2D eigenvalue weighted by atomic mass is 32.2. The molecular formula is C18H19N3O2S. The van der Waals surface area contributed by atoms with Crippen molar-refractivity contribution in [3.63, 3.8) is 0 Å². The number of benzene rings is 2. The van der Waals surface area contributed by atoms with Crippen LogP contribution in [0, 0.1) is 6.92 Å². The number of nitrogens with one attached hydrogen (secondary N) is 2. The molecule has 2 N–H and O–H groups in total. The third-order valence-corrected chi connectivity index (χ3v) is 5.09. The number of sulfone groups is 1. The number of nitrogens with zero attached hydrogens (tertiary/aromatic N) is 1. The minimum absolute atomic E-state index is 0.350. The standard InChI is InChI=1S/C18H19N3O2S/c1-13-8-9-16(10-17(13)24(2,22)23)19-11-15-12-20-21-18(15)14-6-4-3-5-7-14/h3-10,12,19H,11H2,1-2H3,(H,20,21). The SMILES string of the molecule is Cc1ccc(NCc2cn[nH]c2-c2ccccc2)cc1S(C)(=O)=O. The predicted molar refractivity (Wildman–Crippen MR) is 95.6 cm³/mol. The van der Waals surface area contributed by atoms with Gasteiger partial charge in [-0.15, -0.1) is 0 Å². The summed E-state index contributed by atoms with van der Waals surface area (Å²) in [6.45, 7) is 2.34. The van der Waals surface area contributed by atoms with Gasteiger partial charge < -0.3 is 5.32 Å². The number of aryl methyl sites for hydroxylation is 1. The molecule has 0 radical (unpaired) electrons. The molecule has 3 aromatic rings. The van der Waals surface area contributed by atoms with Crippen molar-refractivity contribution < 1.29 is 8.42 Å². The zero-order chi connectivity index (χ0) is 17.2. The van der Waals surface area contributed by atoms with Crippen molar-refractivity contribution in [1.82, 2.24) is 10.2 Å². The second-order valence-electron chi connectivity index (χ2n) is 5.74. The van der Waals surface area contributed by atoms with Gasteiger partial charge in [-0.25, -0.2) is 8.42 Å². The second kappa shape index (κ2) is 6.49. The summed E-state index contributed by atoms with van der Waals surface area (Å²) in [5.41, 5.74) is 4.55. The molecule has 0 atom stereocenters. The summed E-state index contributed by atoms with van der Waals surface area (Å²) in [5.74, 6) is 0. The third kappa shape index (κ3) is 3.49. The predicted octanol–water partition coefficient (Wildman–Crippen LogP) is 3.40.